The number of furan rings is 1. The highest BCUT2D eigenvalue weighted by Gasteiger charge is 2.23. The number of hydrogen-bond donors (Lipinski definition) is 1. The Bertz CT molecular complexity index is 447. The number of carbonyl (C=O) groups is 2. The summed E-state index contributed by atoms with van der Waals surface area (Å²) in [7, 11) is 1.67. The molecule has 6 heteroatoms. The SMILES string of the molecule is CN(CC1CCOC1)C(=O)c1cc(C(=O)O)co1. The Morgan fingerprint density at radius 1 is 1.56 bits per heavy atom. The molecule has 0 spiro atoms. The number of nitrogens with zero attached hydrogens (tertiary/aromatic N) is 1. The van der Waals surface area contributed by atoms with Gasteiger partial charge in [-0.15, -0.1) is 0 Å². The second kappa shape index (κ2) is 5.22. The van der Waals surface area contributed by atoms with Crippen molar-refractivity contribution in [3.8, 4) is 0 Å². The van der Waals surface area contributed by atoms with E-state index in [0.29, 0.717) is 19.1 Å². The van der Waals surface area contributed by atoms with E-state index in [1.54, 1.807) is 7.05 Å². The topological polar surface area (TPSA) is 80.0 Å². The van der Waals surface area contributed by atoms with Crippen LogP contribution in [0, 0.1) is 5.92 Å². The Kier molecular flexibility index (Phi) is 3.66. The molecule has 1 unspecified atom stereocenters. The molecule has 98 valence electrons. The Morgan fingerprint density at radius 2 is 2.33 bits per heavy atom. The van der Waals surface area contributed by atoms with Crippen molar-refractivity contribution < 1.29 is 23.8 Å². The summed E-state index contributed by atoms with van der Waals surface area (Å²) in [5.74, 6) is -1.03. The summed E-state index contributed by atoms with van der Waals surface area (Å²) in [6.45, 7) is 1.98. The summed E-state index contributed by atoms with van der Waals surface area (Å²) in [6, 6.07) is 1.24. The van der Waals surface area contributed by atoms with E-state index in [0.717, 1.165) is 19.3 Å². The molecule has 2 rings (SSSR count). The van der Waals surface area contributed by atoms with Gasteiger partial charge in [0.1, 0.15) is 6.26 Å². The third kappa shape index (κ3) is 2.70. The van der Waals surface area contributed by atoms with Crippen molar-refractivity contribution in [1.29, 1.82) is 0 Å². The first kappa shape index (κ1) is 12.6. The van der Waals surface area contributed by atoms with Crippen molar-refractivity contribution >= 4 is 11.9 Å². The molecule has 1 aliphatic heterocycles. The molecule has 18 heavy (non-hydrogen) atoms. The van der Waals surface area contributed by atoms with Gasteiger partial charge in [-0.3, -0.25) is 4.79 Å². The van der Waals surface area contributed by atoms with Crippen LogP contribution in [-0.2, 0) is 4.74 Å². The lowest BCUT2D eigenvalue weighted by molar-refractivity contribution is 0.0694. The molecule has 1 saturated heterocycles. The zero-order valence-electron chi connectivity index (χ0n) is 10.1. The van der Waals surface area contributed by atoms with Crippen LogP contribution in [0.4, 0.5) is 0 Å². The van der Waals surface area contributed by atoms with Crippen molar-refractivity contribution in [3.05, 3.63) is 23.7 Å². The zero-order chi connectivity index (χ0) is 13.1. The number of aromatic carboxylic acids is 1. The quantitative estimate of drug-likeness (QED) is 0.868. The maximum atomic E-state index is 12.0. The fraction of sp³-hybridized carbons (Fsp3) is 0.500. The van der Waals surface area contributed by atoms with Gasteiger partial charge in [0.05, 0.1) is 12.2 Å². The number of carboxylic acids is 1. The number of rotatable bonds is 4. The van der Waals surface area contributed by atoms with Crippen molar-refractivity contribution in [1.82, 2.24) is 4.90 Å². The van der Waals surface area contributed by atoms with Gasteiger partial charge < -0.3 is 19.2 Å². The fourth-order valence-electron chi connectivity index (χ4n) is 1.95. The average molecular weight is 253 g/mol. The van der Waals surface area contributed by atoms with E-state index in [2.05, 4.69) is 0 Å². The highest BCUT2D eigenvalue weighted by Crippen LogP contribution is 2.16. The van der Waals surface area contributed by atoms with Crippen molar-refractivity contribution in [3.63, 3.8) is 0 Å². The molecule has 1 aromatic heterocycles. The summed E-state index contributed by atoms with van der Waals surface area (Å²) in [5.41, 5.74) is -0.0176. The maximum Gasteiger partial charge on any atom is 0.338 e. The Balaban J connectivity index is 1.98. The van der Waals surface area contributed by atoms with E-state index in [-0.39, 0.29) is 17.2 Å². The van der Waals surface area contributed by atoms with Crippen LogP contribution in [-0.4, -0.2) is 48.7 Å². The predicted molar refractivity (Wildman–Crippen MR) is 61.6 cm³/mol. The van der Waals surface area contributed by atoms with Crippen LogP contribution in [0.5, 0.6) is 0 Å². The van der Waals surface area contributed by atoms with Crippen LogP contribution < -0.4 is 0 Å². The predicted octanol–water partition coefficient (Wildman–Crippen LogP) is 1.09. The molecule has 0 radical (unpaired) electrons. The second-order valence-corrected chi connectivity index (χ2v) is 4.42. The first-order chi connectivity index (χ1) is 8.58. The van der Waals surface area contributed by atoms with E-state index in [9.17, 15) is 9.59 Å². The standard InChI is InChI=1S/C12H15NO5/c1-13(5-8-2-3-17-6-8)11(14)10-4-9(7-18-10)12(15)16/h4,7-8H,2-3,5-6H2,1H3,(H,15,16). The minimum atomic E-state index is -1.11. The lowest BCUT2D eigenvalue weighted by Crippen LogP contribution is -2.31. The highest BCUT2D eigenvalue weighted by molar-refractivity contribution is 5.95. The van der Waals surface area contributed by atoms with Crippen molar-refractivity contribution in [2.75, 3.05) is 26.8 Å². The van der Waals surface area contributed by atoms with Crippen LogP contribution in [0.3, 0.4) is 0 Å². The molecule has 1 atom stereocenters. The molecule has 0 saturated carbocycles. The number of carbonyl (C=O) groups excluding carboxylic acids is 1. The number of ether oxygens (including phenoxy) is 1. The summed E-state index contributed by atoms with van der Waals surface area (Å²) in [6.07, 6.45) is 2.01. The third-order valence-electron chi connectivity index (χ3n) is 2.96. The van der Waals surface area contributed by atoms with Gasteiger partial charge in [0, 0.05) is 32.2 Å². The summed E-state index contributed by atoms with van der Waals surface area (Å²) in [4.78, 5) is 24.2. The van der Waals surface area contributed by atoms with Gasteiger partial charge in [0.2, 0.25) is 0 Å². The van der Waals surface area contributed by atoms with Gasteiger partial charge in [-0.2, -0.15) is 0 Å². The second-order valence-electron chi connectivity index (χ2n) is 4.42. The molecule has 1 amide bonds. The molecule has 0 bridgehead atoms. The molecule has 0 aromatic carbocycles. The van der Waals surface area contributed by atoms with Crippen LogP contribution in [0.15, 0.2) is 16.7 Å². The van der Waals surface area contributed by atoms with Gasteiger partial charge in [-0.25, -0.2) is 4.79 Å². The smallest absolute Gasteiger partial charge is 0.338 e. The molecule has 0 aliphatic carbocycles. The van der Waals surface area contributed by atoms with Gasteiger partial charge in [-0.05, 0) is 6.42 Å². The number of hydrogen-bond acceptors (Lipinski definition) is 4. The molecule has 1 N–H and O–H groups in total. The van der Waals surface area contributed by atoms with E-state index in [1.165, 1.54) is 11.0 Å². The van der Waals surface area contributed by atoms with Crippen LogP contribution >= 0.6 is 0 Å². The van der Waals surface area contributed by atoms with E-state index < -0.39 is 5.97 Å². The highest BCUT2D eigenvalue weighted by atomic mass is 16.5. The van der Waals surface area contributed by atoms with Crippen LogP contribution in [0.2, 0.25) is 0 Å². The molecule has 6 nitrogen and oxygen atoms in total. The molecule has 1 fully saturated rings. The summed E-state index contributed by atoms with van der Waals surface area (Å²) in [5, 5.41) is 8.75. The molecule has 2 heterocycles. The van der Waals surface area contributed by atoms with Gasteiger partial charge >= 0.3 is 5.97 Å². The Morgan fingerprint density at radius 3 is 2.89 bits per heavy atom. The fourth-order valence-corrected chi connectivity index (χ4v) is 1.95. The third-order valence-corrected chi connectivity index (χ3v) is 2.96. The molecular weight excluding hydrogens is 238 g/mol. The maximum absolute atomic E-state index is 12.0. The van der Waals surface area contributed by atoms with E-state index in [1.807, 2.05) is 0 Å². The van der Waals surface area contributed by atoms with Crippen LogP contribution in [0.25, 0.3) is 0 Å². The van der Waals surface area contributed by atoms with Gasteiger partial charge in [-0.1, -0.05) is 0 Å². The lowest BCUT2D eigenvalue weighted by atomic mass is 10.1. The van der Waals surface area contributed by atoms with E-state index >= 15 is 0 Å². The van der Waals surface area contributed by atoms with Crippen LogP contribution in [0.1, 0.15) is 27.3 Å². The first-order valence-corrected chi connectivity index (χ1v) is 5.73. The average Bonchev–Trinajstić information content (AvgIpc) is 2.98. The van der Waals surface area contributed by atoms with Gasteiger partial charge in [0.25, 0.3) is 5.91 Å². The van der Waals surface area contributed by atoms with Crippen molar-refractivity contribution in [2.24, 2.45) is 5.92 Å². The Labute approximate surface area is 104 Å². The number of amides is 1. The lowest BCUT2D eigenvalue weighted by Gasteiger charge is -2.18. The minimum Gasteiger partial charge on any atom is -0.478 e. The largest absolute Gasteiger partial charge is 0.478 e. The molecule has 1 aromatic rings. The molecule has 1 aliphatic rings. The molecular formula is C12H15NO5. The number of carboxylic acid groups (broad SMARTS) is 1. The zero-order valence-corrected chi connectivity index (χ0v) is 10.1. The normalized spacial score (nSPS) is 18.8. The minimum absolute atomic E-state index is 0.0176. The van der Waals surface area contributed by atoms with Gasteiger partial charge in [0.15, 0.2) is 5.76 Å². The first-order valence-electron chi connectivity index (χ1n) is 5.73. The van der Waals surface area contributed by atoms with E-state index in [4.69, 9.17) is 14.3 Å². The van der Waals surface area contributed by atoms with Crippen molar-refractivity contribution in [2.45, 2.75) is 6.42 Å². The summed E-state index contributed by atoms with van der Waals surface area (Å²) < 4.78 is 10.2. The summed E-state index contributed by atoms with van der Waals surface area (Å²) >= 11 is 0. The Hall–Kier alpha value is -1.82. The monoisotopic (exact) mass is 253 g/mol.